The summed E-state index contributed by atoms with van der Waals surface area (Å²) in [6.07, 6.45) is 2.07. The predicted molar refractivity (Wildman–Crippen MR) is 96.0 cm³/mol. The molecule has 6 nitrogen and oxygen atoms in total. The van der Waals surface area contributed by atoms with Gasteiger partial charge in [0, 0.05) is 45.8 Å². The molecule has 6 heteroatoms. The van der Waals surface area contributed by atoms with Crippen molar-refractivity contribution in [2.75, 3.05) is 54.1 Å². The molecule has 134 valence electrons. The zero-order valence-corrected chi connectivity index (χ0v) is 15.0. The van der Waals surface area contributed by atoms with Crippen LogP contribution in [0, 0.1) is 5.92 Å². The Balaban J connectivity index is 1.65. The highest BCUT2D eigenvalue weighted by Gasteiger charge is 2.24. The fourth-order valence-corrected chi connectivity index (χ4v) is 2.88. The molecule has 24 heavy (non-hydrogen) atoms. The van der Waals surface area contributed by atoms with Crippen molar-refractivity contribution in [1.82, 2.24) is 10.2 Å². The third-order valence-corrected chi connectivity index (χ3v) is 4.11. The summed E-state index contributed by atoms with van der Waals surface area (Å²) in [5.41, 5.74) is 0. The molecule has 0 spiro atoms. The molecule has 1 saturated heterocycles. The number of ether oxygens (including phenoxy) is 3. The molecule has 1 aromatic carbocycles. The van der Waals surface area contributed by atoms with E-state index in [1.54, 1.807) is 14.2 Å². The third kappa shape index (κ3) is 5.60. The number of likely N-dealkylation sites (tertiary alicyclic amines) is 1. The second-order valence-electron chi connectivity index (χ2n) is 5.91. The summed E-state index contributed by atoms with van der Waals surface area (Å²) in [6, 6.07) is 7.67. The minimum absolute atomic E-state index is 0.602. The quantitative estimate of drug-likeness (QED) is 0.447. The van der Waals surface area contributed by atoms with Gasteiger partial charge in [-0.05, 0) is 25.0 Å². The van der Waals surface area contributed by atoms with E-state index in [2.05, 4.69) is 15.2 Å². The molecule has 1 fully saturated rings. The maximum Gasteiger partial charge on any atom is 0.193 e. The number of hydrogen-bond acceptors (Lipinski definition) is 4. The topological polar surface area (TPSA) is 55.3 Å². The first kappa shape index (κ1) is 18.4. The van der Waals surface area contributed by atoms with Gasteiger partial charge in [-0.15, -0.1) is 0 Å². The van der Waals surface area contributed by atoms with E-state index in [-0.39, 0.29) is 0 Å². The Labute approximate surface area is 144 Å². The van der Waals surface area contributed by atoms with Crippen molar-refractivity contribution in [1.29, 1.82) is 0 Å². The smallest absolute Gasteiger partial charge is 0.193 e. The zero-order chi connectivity index (χ0) is 17.2. The van der Waals surface area contributed by atoms with E-state index >= 15 is 0 Å². The summed E-state index contributed by atoms with van der Waals surface area (Å²) >= 11 is 0. The Kier molecular flexibility index (Phi) is 7.68. The molecule has 0 bridgehead atoms. The molecule has 0 aromatic heterocycles. The first-order valence-corrected chi connectivity index (χ1v) is 8.48. The van der Waals surface area contributed by atoms with Gasteiger partial charge in [-0.25, -0.2) is 0 Å². The number of rotatable bonds is 8. The van der Waals surface area contributed by atoms with Crippen LogP contribution in [0.2, 0.25) is 0 Å². The van der Waals surface area contributed by atoms with Gasteiger partial charge < -0.3 is 24.4 Å². The lowest BCUT2D eigenvalue weighted by Gasteiger charge is -2.21. The Hall–Kier alpha value is -1.95. The molecule has 0 amide bonds. The Bertz CT molecular complexity index is 522. The minimum Gasteiger partial charge on any atom is -0.497 e. The van der Waals surface area contributed by atoms with E-state index < -0.39 is 0 Å². The van der Waals surface area contributed by atoms with Crippen molar-refractivity contribution in [3.8, 4) is 11.5 Å². The van der Waals surface area contributed by atoms with Crippen LogP contribution < -0.4 is 14.8 Å². The molecule has 1 heterocycles. The highest BCUT2D eigenvalue weighted by Crippen LogP contribution is 2.19. The van der Waals surface area contributed by atoms with Gasteiger partial charge in [-0.3, -0.25) is 4.99 Å². The Morgan fingerprint density at radius 1 is 1.33 bits per heavy atom. The van der Waals surface area contributed by atoms with Crippen LogP contribution in [0.4, 0.5) is 0 Å². The number of aliphatic imine (C=N–C) groups is 1. The molecule has 2 rings (SSSR count). The van der Waals surface area contributed by atoms with Gasteiger partial charge in [0.05, 0.1) is 20.3 Å². The highest BCUT2D eigenvalue weighted by molar-refractivity contribution is 5.80. The van der Waals surface area contributed by atoms with Crippen LogP contribution in [0.3, 0.4) is 0 Å². The van der Waals surface area contributed by atoms with Crippen LogP contribution in [-0.4, -0.2) is 65.0 Å². The van der Waals surface area contributed by atoms with Crippen LogP contribution in [0.5, 0.6) is 11.5 Å². The van der Waals surface area contributed by atoms with Gasteiger partial charge in [0.1, 0.15) is 11.5 Å². The molecule has 1 aliphatic rings. The van der Waals surface area contributed by atoms with Gasteiger partial charge in [-0.2, -0.15) is 0 Å². The zero-order valence-electron chi connectivity index (χ0n) is 15.0. The second kappa shape index (κ2) is 10.0. The summed E-state index contributed by atoms with van der Waals surface area (Å²) in [4.78, 5) is 6.67. The summed E-state index contributed by atoms with van der Waals surface area (Å²) in [7, 11) is 5.25. The number of hydrogen-bond donors (Lipinski definition) is 1. The van der Waals surface area contributed by atoms with Crippen molar-refractivity contribution in [2.24, 2.45) is 10.9 Å². The molecule has 1 atom stereocenters. The van der Waals surface area contributed by atoms with Gasteiger partial charge in [0.15, 0.2) is 5.96 Å². The Morgan fingerprint density at radius 3 is 2.92 bits per heavy atom. The van der Waals surface area contributed by atoms with Crippen molar-refractivity contribution in [3.05, 3.63) is 24.3 Å². The van der Waals surface area contributed by atoms with E-state index in [1.165, 1.54) is 0 Å². The van der Waals surface area contributed by atoms with Gasteiger partial charge in [0.25, 0.3) is 0 Å². The average Bonchev–Trinajstić information content (AvgIpc) is 3.07. The first-order valence-electron chi connectivity index (χ1n) is 8.48. The molecule has 0 saturated carbocycles. The van der Waals surface area contributed by atoms with E-state index in [1.807, 2.05) is 31.3 Å². The molecular formula is C18H29N3O3. The monoisotopic (exact) mass is 335 g/mol. The molecular weight excluding hydrogens is 306 g/mol. The molecule has 1 unspecified atom stereocenters. The number of methoxy groups -OCH3 is 2. The standard InChI is InChI=1S/C18H29N3O3/c1-19-18(21-10-8-15(13-21)14-22-2)20-9-5-11-24-17-7-4-6-16(12-17)23-3/h4,6-7,12,15H,5,8-11,13-14H2,1-3H3,(H,19,20). The number of guanidine groups is 1. The molecule has 0 radical (unpaired) electrons. The van der Waals surface area contributed by atoms with Gasteiger partial charge >= 0.3 is 0 Å². The number of nitrogens with one attached hydrogen (secondary N) is 1. The maximum atomic E-state index is 5.75. The molecule has 1 N–H and O–H groups in total. The fourth-order valence-electron chi connectivity index (χ4n) is 2.88. The van der Waals surface area contributed by atoms with E-state index in [0.29, 0.717) is 12.5 Å². The van der Waals surface area contributed by atoms with Crippen LogP contribution >= 0.6 is 0 Å². The molecule has 0 aliphatic carbocycles. The van der Waals surface area contributed by atoms with Crippen molar-refractivity contribution in [3.63, 3.8) is 0 Å². The third-order valence-electron chi connectivity index (χ3n) is 4.11. The van der Waals surface area contributed by atoms with E-state index in [9.17, 15) is 0 Å². The highest BCUT2D eigenvalue weighted by atomic mass is 16.5. The van der Waals surface area contributed by atoms with Crippen LogP contribution in [0.1, 0.15) is 12.8 Å². The molecule has 1 aliphatic heterocycles. The van der Waals surface area contributed by atoms with Crippen molar-refractivity contribution >= 4 is 5.96 Å². The first-order chi connectivity index (χ1) is 11.8. The van der Waals surface area contributed by atoms with E-state index in [0.717, 1.165) is 56.5 Å². The normalized spacial score (nSPS) is 17.9. The lowest BCUT2D eigenvalue weighted by Crippen LogP contribution is -2.40. The number of benzene rings is 1. The van der Waals surface area contributed by atoms with Crippen LogP contribution in [0.25, 0.3) is 0 Å². The fraction of sp³-hybridized carbons (Fsp3) is 0.611. The SMILES string of the molecule is CN=C(NCCCOc1cccc(OC)c1)N1CCC(COC)C1. The summed E-state index contributed by atoms with van der Waals surface area (Å²) < 4.78 is 16.2. The minimum atomic E-state index is 0.602. The Morgan fingerprint density at radius 2 is 2.17 bits per heavy atom. The summed E-state index contributed by atoms with van der Waals surface area (Å²) in [6.45, 7) is 4.36. The maximum absolute atomic E-state index is 5.75. The average molecular weight is 335 g/mol. The summed E-state index contributed by atoms with van der Waals surface area (Å²) in [5, 5.41) is 3.41. The number of nitrogens with zero attached hydrogens (tertiary/aromatic N) is 2. The van der Waals surface area contributed by atoms with Crippen LogP contribution in [-0.2, 0) is 4.74 Å². The predicted octanol–water partition coefficient (Wildman–Crippen LogP) is 2.01. The van der Waals surface area contributed by atoms with Crippen molar-refractivity contribution < 1.29 is 14.2 Å². The lowest BCUT2D eigenvalue weighted by molar-refractivity contribution is 0.157. The van der Waals surface area contributed by atoms with Crippen LogP contribution in [0.15, 0.2) is 29.3 Å². The second-order valence-corrected chi connectivity index (χ2v) is 5.91. The molecule has 1 aromatic rings. The summed E-state index contributed by atoms with van der Waals surface area (Å²) in [5.74, 6) is 3.21. The van der Waals surface area contributed by atoms with E-state index in [4.69, 9.17) is 14.2 Å². The van der Waals surface area contributed by atoms with Crippen molar-refractivity contribution in [2.45, 2.75) is 12.8 Å². The van der Waals surface area contributed by atoms with Gasteiger partial charge in [-0.1, -0.05) is 6.07 Å². The largest absolute Gasteiger partial charge is 0.497 e. The lowest BCUT2D eigenvalue weighted by atomic mass is 10.1. The van der Waals surface area contributed by atoms with Gasteiger partial charge in [0.2, 0.25) is 0 Å².